The molecule has 0 saturated heterocycles. The van der Waals surface area contributed by atoms with E-state index in [1.54, 1.807) is 0 Å². The molecule has 99 heavy (non-hydrogen) atoms. The number of rotatable bonds is 10. The normalized spacial score (nSPS) is 9.52. The van der Waals surface area contributed by atoms with Crippen molar-refractivity contribution in [2.24, 2.45) is 0 Å². The Balaban J connectivity index is 0.000000550. The van der Waals surface area contributed by atoms with Crippen LogP contribution < -0.4 is 0 Å². The number of aryl methyl sites for hydroxylation is 20. The first-order valence-corrected chi connectivity index (χ1v) is 34.9. The van der Waals surface area contributed by atoms with Crippen molar-refractivity contribution in [1.29, 1.82) is 0 Å². The number of allylic oxidation sites excluding steroid dienone is 2. The van der Waals surface area contributed by atoms with Crippen molar-refractivity contribution in [3.8, 4) is 0 Å². The predicted molar refractivity (Wildman–Crippen MR) is 452 cm³/mol. The maximum atomic E-state index is 3.77. The van der Waals surface area contributed by atoms with Crippen LogP contribution in [0.5, 0.6) is 0 Å². The molecule has 0 spiro atoms. The summed E-state index contributed by atoms with van der Waals surface area (Å²) in [5, 5.41) is 0. The molecule has 0 heteroatoms. The van der Waals surface area contributed by atoms with E-state index in [0.29, 0.717) is 0 Å². The summed E-state index contributed by atoms with van der Waals surface area (Å²) in [6.45, 7) is 72.8. The van der Waals surface area contributed by atoms with Gasteiger partial charge in [0, 0.05) is 0 Å². The van der Waals surface area contributed by atoms with E-state index in [2.05, 4.69) is 386 Å². The van der Waals surface area contributed by atoms with Crippen LogP contribution in [0, 0.1) is 145 Å². The molecular weight excluding hydrogens is 1190 g/mol. The highest BCUT2D eigenvalue weighted by Crippen LogP contribution is 2.18. The van der Waals surface area contributed by atoms with Gasteiger partial charge < -0.3 is 0 Å². The van der Waals surface area contributed by atoms with Gasteiger partial charge in [0.05, 0.1) is 0 Å². The molecule has 0 aliphatic rings. The van der Waals surface area contributed by atoms with E-state index < -0.39 is 0 Å². The van der Waals surface area contributed by atoms with E-state index in [0.717, 1.165) is 19.3 Å². The number of benzene rings is 10. The lowest BCUT2D eigenvalue weighted by Crippen LogP contribution is -1.86. The fourth-order valence-electron chi connectivity index (χ4n) is 9.62. The van der Waals surface area contributed by atoms with Crippen LogP contribution in [0.15, 0.2) is 246 Å². The Morgan fingerprint density at radius 1 is 0.222 bits per heavy atom. The van der Waals surface area contributed by atoms with Crippen LogP contribution in [0.3, 0.4) is 0 Å². The van der Waals surface area contributed by atoms with E-state index in [1.807, 2.05) is 42.5 Å². The molecule has 0 aliphatic carbocycles. The van der Waals surface area contributed by atoms with Crippen molar-refractivity contribution in [2.45, 2.75) is 172 Å². The topological polar surface area (TPSA) is 0 Å². The predicted octanol–water partition coefficient (Wildman–Crippen LogP) is 28.6. The van der Waals surface area contributed by atoms with E-state index in [4.69, 9.17) is 0 Å². The Morgan fingerprint density at radius 2 is 0.535 bits per heavy atom. The van der Waals surface area contributed by atoms with E-state index >= 15 is 0 Å². The van der Waals surface area contributed by atoms with Gasteiger partial charge in [0.1, 0.15) is 0 Å². The van der Waals surface area contributed by atoms with Crippen LogP contribution in [-0.4, -0.2) is 0 Å². The third kappa shape index (κ3) is 35.5. The highest BCUT2D eigenvalue weighted by atomic mass is 14.1. The Hall–Kier alpha value is -9.62. The third-order valence-corrected chi connectivity index (χ3v) is 17.5. The molecule has 0 nitrogen and oxygen atoms in total. The zero-order valence-electron chi connectivity index (χ0n) is 65.5. The Bertz CT molecular complexity index is 4010. The summed E-state index contributed by atoms with van der Waals surface area (Å²) >= 11 is 0. The summed E-state index contributed by atoms with van der Waals surface area (Å²) in [6, 6.07) is 66.2. The van der Waals surface area contributed by atoms with Crippen LogP contribution >= 0.6 is 0 Å². The molecule has 520 valence electrons. The van der Waals surface area contributed by atoms with Crippen LogP contribution in [-0.2, 0) is 19.3 Å². The van der Waals surface area contributed by atoms with Gasteiger partial charge in [0.25, 0.3) is 0 Å². The second-order valence-electron chi connectivity index (χ2n) is 26.0. The van der Waals surface area contributed by atoms with Gasteiger partial charge in [-0.05, 0) is 298 Å². The van der Waals surface area contributed by atoms with Gasteiger partial charge in [-0.15, -0.1) is 13.2 Å². The second-order valence-corrected chi connectivity index (χ2v) is 26.0. The summed E-state index contributed by atoms with van der Waals surface area (Å²) in [6.07, 6.45) is 16.3. The minimum Gasteiger partial charge on any atom is -0.103 e. The Labute approximate surface area is 605 Å². The van der Waals surface area contributed by atoms with Gasteiger partial charge in [0.2, 0.25) is 0 Å². The maximum Gasteiger partial charge on any atom is -0.0100 e. The van der Waals surface area contributed by atoms with Crippen LogP contribution in [0.25, 0.3) is 30.4 Å². The smallest absolute Gasteiger partial charge is 0.0100 e. The summed E-state index contributed by atoms with van der Waals surface area (Å²) in [5.41, 5.74) is 38.6. The molecule has 0 unspecified atom stereocenters. The number of hydrogen-bond donors (Lipinski definition) is 0. The molecule has 0 radical (unpaired) electrons. The van der Waals surface area contributed by atoms with Gasteiger partial charge in [-0.3, -0.25) is 0 Å². The molecule has 0 bridgehead atoms. The average Bonchev–Trinajstić information content (AvgIpc) is 1.09. The van der Waals surface area contributed by atoms with Crippen LogP contribution in [0.1, 0.15) is 168 Å². The molecule has 0 aromatic heterocycles. The summed E-state index contributed by atoms with van der Waals surface area (Å²) in [7, 11) is 0. The molecule has 0 saturated carbocycles. The SMILES string of the molecule is C=CCc1ccc(C)c(C)c1.C=CCc1ccc(C)cc1.C=Cc1cc(C)ccc1C.C=Cc1cc(CC)ccc1C.C=Cc1ccc(C)c(C)c1.C=Cc1ccc(C)c(C)c1.C=Cc1ccc(C)cc1.Cc1cc(C)c(C)c(C)c1.Cc1ccc(C)c(C)c1.Cc1cccc(C)c1C. The molecule has 10 rings (SSSR count). The fraction of sp³-hybridized carbons (Fsp3) is 0.253. The maximum absolute atomic E-state index is 3.77. The van der Waals surface area contributed by atoms with Crippen LogP contribution in [0.2, 0.25) is 0 Å². The van der Waals surface area contributed by atoms with Crippen molar-refractivity contribution in [1.82, 2.24) is 0 Å². The summed E-state index contributed by atoms with van der Waals surface area (Å²) in [4.78, 5) is 0. The van der Waals surface area contributed by atoms with E-state index in [-0.39, 0.29) is 0 Å². The molecule has 0 heterocycles. The Morgan fingerprint density at radius 3 is 0.909 bits per heavy atom. The highest BCUT2D eigenvalue weighted by molar-refractivity contribution is 5.54. The van der Waals surface area contributed by atoms with Gasteiger partial charge in [-0.1, -0.05) is 298 Å². The summed E-state index contributed by atoms with van der Waals surface area (Å²) in [5.74, 6) is 0. The lowest BCUT2D eigenvalue weighted by Gasteiger charge is -2.04. The van der Waals surface area contributed by atoms with Crippen molar-refractivity contribution < 1.29 is 0 Å². The molecule has 0 amide bonds. The number of hydrogen-bond acceptors (Lipinski definition) is 0. The van der Waals surface area contributed by atoms with Gasteiger partial charge in [0.15, 0.2) is 0 Å². The molecule has 0 aliphatic heterocycles. The van der Waals surface area contributed by atoms with E-state index in [9.17, 15) is 0 Å². The van der Waals surface area contributed by atoms with Crippen LogP contribution in [0.4, 0.5) is 0 Å². The third-order valence-electron chi connectivity index (χ3n) is 17.5. The van der Waals surface area contributed by atoms with Gasteiger partial charge in [-0.25, -0.2) is 0 Å². The molecule has 0 fully saturated rings. The van der Waals surface area contributed by atoms with Gasteiger partial charge in [-0.2, -0.15) is 0 Å². The van der Waals surface area contributed by atoms with Crippen molar-refractivity contribution in [3.63, 3.8) is 0 Å². The first kappa shape index (κ1) is 87.4. The first-order valence-electron chi connectivity index (χ1n) is 34.9. The fourth-order valence-corrected chi connectivity index (χ4v) is 9.62. The Kier molecular flexibility index (Phi) is 42.5. The summed E-state index contributed by atoms with van der Waals surface area (Å²) < 4.78 is 0. The van der Waals surface area contributed by atoms with Crippen molar-refractivity contribution >= 4 is 30.4 Å². The van der Waals surface area contributed by atoms with Crippen molar-refractivity contribution in [2.75, 3.05) is 0 Å². The zero-order chi connectivity index (χ0) is 74.7. The average molecular weight is 1310 g/mol. The first-order chi connectivity index (χ1) is 46.9. The molecular formula is C99H124. The lowest BCUT2D eigenvalue weighted by molar-refractivity contribution is 1.13. The van der Waals surface area contributed by atoms with E-state index in [1.165, 1.54) is 161 Å². The van der Waals surface area contributed by atoms with Gasteiger partial charge >= 0.3 is 0 Å². The highest BCUT2D eigenvalue weighted by Gasteiger charge is 1.99. The molecule has 0 N–H and O–H groups in total. The quantitative estimate of drug-likeness (QED) is 0.120. The lowest BCUT2D eigenvalue weighted by atomic mass is 10.0. The second kappa shape index (κ2) is 48.2. The molecule has 10 aromatic carbocycles. The standard InChI is InChI=1S/2C11H14.C10H14.4C10H12.2C9H12.C9H10/c1-4-5-11-7-6-9(2)10(3)8-11;1-4-10-7-6-9(3)11(5-2)8-10;1-7-5-8(2)10(4)9(3)6-7;2*1-4-10-6-5-8(2)9(3)7-10;1-4-10-7-8(2)5-6-9(10)3;1-3-4-10-7-5-9(2)6-8-10;1-7-4-5-8(2)9(3)6-7;1-7-5-4-6-8(2)9(7)3;1-3-9-6-4-8(2)5-7-9/h4,6-8H,1,5H2,2-3H3;5-8H,2,4H2,1,3H3;5-6H,1-4H3;3*4-7H,1H2,2-3H3;3,5-8H,1,4H2,2H3;2*4-6H,1-3H3;3-7H,1H2,2H3. The minimum atomic E-state index is 0.972. The monoisotopic (exact) mass is 1310 g/mol. The molecule has 10 aromatic rings. The van der Waals surface area contributed by atoms with Crippen molar-refractivity contribution in [3.05, 3.63) is 408 Å². The minimum absolute atomic E-state index is 0.972. The zero-order valence-corrected chi connectivity index (χ0v) is 65.5. The molecule has 0 atom stereocenters. The largest absolute Gasteiger partial charge is 0.103 e.